The van der Waals surface area contributed by atoms with Gasteiger partial charge in [-0.2, -0.15) is 0 Å². The third-order valence-corrected chi connectivity index (χ3v) is 5.06. The zero-order valence-electron chi connectivity index (χ0n) is 13.1. The van der Waals surface area contributed by atoms with Crippen molar-refractivity contribution in [2.24, 2.45) is 5.41 Å². The lowest BCUT2D eigenvalue weighted by Gasteiger charge is -2.42. The summed E-state index contributed by atoms with van der Waals surface area (Å²) in [6, 6.07) is 10.4. The van der Waals surface area contributed by atoms with E-state index < -0.39 is 0 Å². The van der Waals surface area contributed by atoms with Gasteiger partial charge in [0.25, 0.3) is 0 Å². The summed E-state index contributed by atoms with van der Waals surface area (Å²) in [6.45, 7) is 5.35. The molecule has 2 atom stereocenters. The van der Waals surface area contributed by atoms with E-state index in [4.69, 9.17) is 0 Å². The first kappa shape index (κ1) is 14.6. The van der Waals surface area contributed by atoms with Gasteiger partial charge < -0.3 is 4.90 Å². The minimum atomic E-state index is -0.0103. The van der Waals surface area contributed by atoms with Crippen molar-refractivity contribution in [3.05, 3.63) is 35.9 Å². The topological polar surface area (TPSA) is 32.3 Å². The maximum Gasteiger partial charge on any atom is 0.241 e. The molecule has 3 rings (SSSR count). The highest BCUT2D eigenvalue weighted by Gasteiger charge is 2.43. The number of carbonyl (C=O) groups excluding carboxylic acids is 1. The summed E-state index contributed by atoms with van der Waals surface area (Å²) in [5.41, 5.74) is 1.53. The smallest absolute Gasteiger partial charge is 0.241 e. The molecule has 2 unspecified atom stereocenters. The number of hydrogen-bond acceptors (Lipinski definition) is 2. The number of hydrogen-bond donors (Lipinski definition) is 1. The number of nitrogens with one attached hydrogen (secondary N) is 1. The van der Waals surface area contributed by atoms with Crippen LogP contribution in [-0.4, -0.2) is 23.4 Å². The van der Waals surface area contributed by atoms with Crippen LogP contribution in [0.3, 0.4) is 0 Å². The van der Waals surface area contributed by atoms with Crippen LogP contribution in [0.2, 0.25) is 0 Å². The standard InChI is InChI=1S/C18H26N2O/c1-3-8-15-17(21)20(13-18(2)11-7-12-18)16(19-15)14-9-5-4-6-10-14/h4-6,9-10,15-16,19H,3,7-8,11-13H2,1-2H3. The molecule has 0 aromatic heterocycles. The van der Waals surface area contributed by atoms with E-state index in [0.29, 0.717) is 11.3 Å². The average Bonchev–Trinajstić information content (AvgIpc) is 2.76. The number of rotatable bonds is 5. The van der Waals surface area contributed by atoms with Crippen LogP contribution in [0.5, 0.6) is 0 Å². The van der Waals surface area contributed by atoms with Gasteiger partial charge in [0.15, 0.2) is 0 Å². The van der Waals surface area contributed by atoms with Crippen molar-refractivity contribution in [2.45, 2.75) is 58.2 Å². The Bertz CT molecular complexity index is 495. The average molecular weight is 286 g/mol. The summed E-state index contributed by atoms with van der Waals surface area (Å²) in [5.74, 6) is 0.291. The van der Waals surface area contributed by atoms with E-state index in [9.17, 15) is 4.79 Å². The molecule has 1 heterocycles. The molecule has 1 aromatic carbocycles. The van der Waals surface area contributed by atoms with Gasteiger partial charge in [0.05, 0.1) is 6.04 Å². The lowest BCUT2D eigenvalue weighted by molar-refractivity contribution is -0.132. The Morgan fingerprint density at radius 1 is 1.29 bits per heavy atom. The van der Waals surface area contributed by atoms with Crippen LogP contribution >= 0.6 is 0 Å². The number of carbonyl (C=O) groups is 1. The second-order valence-corrected chi connectivity index (χ2v) is 6.95. The lowest BCUT2D eigenvalue weighted by atomic mass is 9.70. The molecule has 1 saturated carbocycles. The summed E-state index contributed by atoms with van der Waals surface area (Å²) < 4.78 is 0. The molecule has 2 aliphatic rings. The Hall–Kier alpha value is -1.35. The molecule has 0 bridgehead atoms. The van der Waals surface area contributed by atoms with Gasteiger partial charge in [0.2, 0.25) is 5.91 Å². The van der Waals surface area contributed by atoms with E-state index in [2.05, 4.69) is 48.3 Å². The van der Waals surface area contributed by atoms with Gasteiger partial charge in [-0.3, -0.25) is 10.1 Å². The number of nitrogens with zero attached hydrogens (tertiary/aromatic N) is 1. The molecule has 1 aliphatic heterocycles. The highest BCUT2D eigenvalue weighted by Crippen LogP contribution is 2.43. The van der Waals surface area contributed by atoms with Crippen LogP contribution in [0, 0.1) is 5.41 Å². The van der Waals surface area contributed by atoms with Crippen molar-refractivity contribution in [2.75, 3.05) is 6.54 Å². The quantitative estimate of drug-likeness (QED) is 0.899. The molecule has 114 valence electrons. The molecule has 0 radical (unpaired) electrons. The fourth-order valence-electron chi connectivity index (χ4n) is 3.61. The van der Waals surface area contributed by atoms with Gasteiger partial charge >= 0.3 is 0 Å². The highest BCUT2D eigenvalue weighted by atomic mass is 16.2. The van der Waals surface area contributed by atoms with E-state index in [-0.39, 0.29) is 12.2 Å². The molecule has 1 aromatic rings. The molecule has 1 saturated heterocycles. The van der Waals surface area contributed by atoms with Crippen LogP contribution in [0.1, 0.15) is 57.7 Å². The minimum Gasteiger partial charge on any atom is -0.321 e. The van der Waals surface area contributed by atoms with Crippen LogP contribution < -0.4 is 5.32 Å². The van der Waals surface area contributed by atoms with Crippen molar-refractivity contribution in [1.82, 2.24) is 10.2 Å². The summed E-state index contributed by atoms with van der Waals surface area (Å²) in [7, 11) is 0. The summed E-state index contributed by atoms with van der Waals surface area (Å²) >= 11 is 0. The Kier molecular flexibility index (Phi) is 4.03. The van der Waals surface area contributed by atoms with E-state index in [1.54, 1.807) is 0 Å². The first-order chi connectivity index (χ1) is 10.1. The molecule has 0 spiro atoms. The lowest BCUT2D eigenvalue weighted by Crippen LogP contribution is -2.43. The zero-order chi connectivity index (χ0) is 14.9. The summed E-state index contributed by atoms with van der Waals surface area (Å²) in [5, 5.41) is 3.56. The molecule has 3 heteroatoms. The Balaban J connectivity index is 1.82. The van der Waals surface area contributed by atoms with Gasteiger partial charge in [-0.25, -0.2) is 0 Å². The zero-order valence-corrected chi connectivity index (χ0v) is 13.1. The van der Waals surface area contributed by atoms with Crippen molar-refractivity contribution in [3.8, 4) is 0 Å². The molecule has 1 amide bonds. The Labute approximate surface area is 127 Å². The van der Waals surface area contributed by atoms with Gasteiger partial charge in [0.1, 0.15) is 6.17 Å². The maximum absolute atomic E-state index is 12.8. The van der Waals surface area contributed by atoms with Gasteiger partial charge in [-0.1, -0.05) is 57.0 Å². The SMILES string of the molecule is CCCC1NC(c2ccccc2)N(CC2(C)CCC2)C1=O. The number of benzene rings is 1. The normalized spacial score (nSPS) is 27.7. The van der Waals surface area contributed by atoms with Gasteiger partial charge in [-0.05, 0) is 30.2 Å². The van der Waals surface area contributed by atoms with Crippen LogP contribution in [0.15, 0.2) is 30.3 Å². The van der Waals surface area contributed by atoms with Gasteiger partial charge in [-0.15, -0.1) is 0 Å². The molecular formula is C18H26N2O. The van der Waals surface area contributed by atoms with Gasteiger partial charge in [0, 0.05) is 6.54 Å². The fourth-order valence-corrected chi connectivity index (χ4v) is 3.61. The van der Waals surface area contributed by atoms with Crippen molar-refractivity contribution in [1.29, 1.82) is 0 Å². The first-order valence-corrected chi connectivity index (χ1v) is 8.24. The minimum absolute atomic E-state index is 0.0103. The molecule has 3 nitrogen and oxygen atoms in total. The van der Waals surface area contributed by atoms with E-state index in [0.717, 1.165) is 19.4 Å². The van der Waals surface area contributed by atoms with E-state index >= 15 is 0 Å². The molecule has 1 aliphatic carbocycles. The Morgan fingerprint density at radius 3 is 2.57 bits per heavy atom. The van der Waals surface area contributed by atoms with Crippen molar-refractivity contribution in [3.63, 3.8) is 0 Å². The van der Waals surface area contributed by atoms with E-state index in [1.807, 2.05) is 6.07 Å². The van der Waals surface area contributed by atoms with Crippen LogP contribution in [0.25, 0.3) is 0 Å². The summed E-state index contributed by atoms with van der Waals surface area (Å²) in [4.78, 5) is 14.9. The van der Waals surface area contributed by atoms with E-state index in [1.165, 1.54) is 24.8 Å². The highest BCUT2D eigenvalue weighted by molar-refractivity contribution is 5.84. The maximum atomic E-state index is 12.8. The first-order valence-electron chi connectivity index (χ1n) is 8.24. The van der Waals surface area contributed by atoms with Crippen LogP contribution in [-0.2, 0) is 4.79 Å². The fraction of sp³-hybridized carbons (Fsp3) is 0.611. The second kappa shape index (κ2) is 5.80. The third kappa shape index (κ3) is 2.84. The van der Waals surface area contributed by atoms with Crippen molar-refractivity contribution >= 4 is 5.91 Å². The van der Waals surface area contributed by atoms with Crippen molar-refractivity contribution < 1.29 is 4.79 Å². The second-order valence-electron chi connectivity index (χ2n) is 6.95. The molecular weight excluding hydrogens is 260 g/mol. The van der Waals surface area contributed by atoms with Crippen LogP contribution in [0.4, 0.5) is 0 Å². The Morgan fingerprint density at radius 2 is 2.00 bits per heavy atom. The molecule has 2 fully saturated rings. The third-order valence-electron chi connectivity index (χ3n) is 5.06. The summed E-state index contributed by atoms with van der Waals surface area (Å²) in [6.07, 6.45) is 5.81. The number of amides is 1. The monoisotopic (exact) mass is 286 g/mol. The predicted molar refractivity (Wildman–Crippen MR) is 84.7 cm³/mol. The molecule has 21 heavy (non-hydrogen) atoms. The predicted octanol–water partition coefficient (Wildman–Crippen LogP) is 3.48. The molecule has 1 N–H and O–H groups in total. The largest absolute Gasteiger partial charge is 0.321 e.